The Labute approximate surface area is 461 Å². The fraction of sp³-hybridized carbons (Fsp3) is 0.712. The van der Waals surface area contributed by atoms with Crippen molar-refractivity contribution in [3.05, 3.63) is 97.2 Å². The third kappa shape index (κ3) is 57.7. The average Bonchev–Trinajstić information content (AvgIpc) is 3.38. The molecule has 0 saturated carbocycles. The van der Waals surface area contributed by atoms with Crippen LogP contribution in [-0.4, -0.2) is 87.4 Å². The van der Waals surface area contributed by atoms with E-state index >= 15 is 0 Å². The summed E-state index contributed by atoms with van der Waals surface area (Å²) < 4.78 is 22.9. The molecule has 2 atom stereocenters. The van der Waals surface area contributed by atoms with Crippen molar-refractivity contribution in [1.29, 1.82) is 0 Å². The molecule has 9 heteroatoms. The van der Waals surface area contributed by atoms with Crippen molar-refractivity contribution in [2.45, 2.75) is 257 Å². The molecule has 0 aliphatic carbocycles. The first-order valence-electron chi connectivity index (χ1n) is 30.4. The van der Waals surface area contributed by atoms with E-state index in [9.17, 15) is 19.5 Å². The zero-order chi connectivity index (χ0) is 54.8. The molecule has 0 bridgehead atoms. The Morgan fingerprint density at radius 2 is 0.760 bits per heavy atom. The summed E-state index contributed by atoms with van der Waals surface area (Å²) in [6.07, 6.45) is 73.4. The lowest BCUT2D eigenvalue weighted by Crippen LogP contribution is -2.40. The Bertz CT molecular complexity index is 1550. The predicted octanol–water partition coefficient (Wildman–Crippen LogP) is 18.1. The average molecular weight is 1050 g/mol. The first kappa shape index (κ1) is 71.2. The maximum atomic E-state index is 12.9. The summed E-state index contributed by atoms with van der Waals surface area (Å²) in [6.45, 7) is 4.75. The van der Waals surface area contributed by atoms with Gasteiger partial charge in [-0.25, -0.2) is 4.79 Å². The molecule has 2 unspecified atom stereocenters. The number of hydrogen-bond donors (Lipinski definition) is 1. The normalized spacial score (nSPS) is 13.5. The molecule has 0 radical (unpaired) electrons. The number of nitrogens with zero attached hydrogens (tertiary/aromatic N) is 1. The van der Waals surface area contributed by atoms with E-state index < -0.39 is 24.3 Å². The van der Waals surface area contributed by atoms with Crippen molar-refractivity contribution >= 4 is 17.9 Å². The van der Waals surface area contributed by atoms with Crippen LogP contribution in [0.15, 0.2) is 97.2 Å². The molecule has 0 aromatic rings. The second-order valence-corrected chi connectivity index (χ2v) is 21.3. The summed E-state index contributed by atoms with van der Waals surface area (Å²) in [5.74, 6) is -2.02. The number of hydrogen-bond acceptors (Lipinski definition) is 7. The topological polar surface area (TPSA) is 108 Å². The lowest BCUT2D eigenvalue weighted by Gasteiger charge is -2.25. The third-order valence-electron chi connectivity index (χ3n) is 12.8. The maximum absolute atomic E-state index is 12.9. The molecular weight excluding hydrogens is 935 g/mol. The maximum Gasteiger partial charge on any atom is 0.361 e. The summed E-state index contributed by atoms with van der Waals surface area (Å²) in [4.78, 5) is 37.5. The number of ether oxygens (including phenoxy) is 4. The molecular formula is C66H114NO8+. The van der Waals surface area contributed by atoms with Crippen molar-refractivity contribution in [1.82, 2.24) is 0 Å². The van der Waals surface area contributed by atoms with E-state index in [1.54, 1.807) is 0 Å². The van der Waals surface area contributed by atoms with Gasteiger partial charge in [0.25, 0.3) is 6.29 Å². The Morgan fingerprint density at radius 1 is 0.413 bits per heavy atom. The van der Waals surface area contributed by atoms with Gasteiger partial charge in [0.1, 0.15) is 13.2 Å². The highest BCUT2D eigenvalue weighted by atomic mass is 16.7. The summed E-state index contributed by atoms with van der Waals surface area (Å²) in [5, 5.41) is 9.72. The van der Waals surface area contributed by atoms with E-state index in [1.807, 2.05) is 21.1 Å². The summed E-state index contributed by atoms with van der Waals surface area (Å²) in [5.41, 5.74) is 0. The number of allylic oxidation sites excluding steroid dienone is 16. The van der Waals surface area contributed by atoms with Gasteiger partial charge in [0, 0.05) is 12.8 Å². The minimum absolute atomic E-state index is 0.181. The van der Waals surface area contributed by atoms with E-state index in [-0.39, 0.29) is 32.2 Å². The molecule has 1 N–H and O–H groups in total. The van der Waals surface area contributed by atoms with Crippen LogP contribution in [0.5, 0.6) is 0 Å². The van der Waals surface area contributed by atoms with E-state index in [4.69, 9.17) is 18.9 Å². The molecule has 0 heterocycles. The summed E-state index contributed by atoms with van der Waals surface area (Å²) in [6, 6.07) is 0. The van der Waals surface area contributed by atoms with Crippen molar-refractivity contribution in [2.24, 2.45) is 0 Å². The van der Waals surface area contributed by atoms with Crippen molar-refractivity contribution < 1.29 is 42.9 Å². The fourth-order valence-corrected chi connectivity index (χ4v) is 8.16. The van der Waals surface area contributed by atoms with Gasteiger partial charge in [0.05, 0.1) is 34.4 Å². The van der Waals surface area contributed by atoms with Crippen LogP contribution in [0.25, 0.3) is 0 Å². The number of quaternary nitrogens is 1. The second-order valence-electron chi connectivity index (χ2n) is 21.3. The third-order valence-corrected chi connectivity index (χ3v) is 12.8. The number of unbranched alkanes of at least 4 members (excludes halogenated alkanes) is 24. The molecule has 430 valence electrons. The van der Waals surface area contributed by atoms with Gasteiger partial charge >= 0.3 is 17.9 Å². The number of carbonyl (C=O) groups is 3. The number of carbonyl (C=O) groups excluding carboxylic acids is 2. The van der Waals surface area contributed by atoms with Gasteiger partial charge < -0.3 is 28.5 Å². The van der Waals surface area contributed by atoms with Gasteiger partial charge in [-0.05, 0) is 96.3 Å². The summed E-state index contributed by atoms with van der Waals surface area (Å²) in [7, 11) is 5.96. The van der Waals surface area contributed by atoms with Crippen LogP contribution >= 0.6 is 0 Å². The molecule has 0 amide bonds. The zero-order valence-corrected chi connectivity index (χ0v) is 48.9. The largest absolute Gasteiger partial charge is 0.477 e. The monoisotopic (exact) mass is 1050 g/mol. The van der Waals surface area contributed by atoms with Crippen LogP contribution in [0.1, 0.15) is 245 Å². The van der Waals surface area contributed by atoms with Gasteiger partial charge in [-0.1, -0.05) is 233 Å². The molecule has 0 spiro atoms. The van der Waals surface area contributed by atoms with Crippen molar-refractivity contribution in [3.8, 4) is 0 Å². The highest BCUT2D eigenvalue weighted by Crippen LogP contribution is 2.15. The Morgan fingerprint density at radius 3 is 1.13 bits per heavy atom. The predicted molar refractivity (Wildman–Crippen MR) is 318 cm³/mol. The lowest BCUT2D eigenvalue weighted by atomic mass is 10.0. The zero-order valence-electron chi connectivity index (χ0n) is 48.9. The molecule has 0 rings (SSSR count). The van der Waals surface area contributed by atoms with Gasteiger partial charge in [-0.15, -0.1) is 0 Å². The Hall–Kier alpha value is -3.79. The number of esters is 2. The number of likely N-dealkylation sites (N-methyl/N-ethyl adjacent to an activating group) is 1. The molecule has 9 nitrogen and oxygen atoms in total. The minimum Gasteiger partial charge on any atom is -0.477 e. The second kappa shape index (κ2) is 56.4. The molecule has 0 saturated heterocycles. The molecule has 0 aromatic heterocycles. The van der Waals surface area contributed by atoms with E-state index in [0.29, 0.717) is 23.9 Å². The molecule has 0 aliphatic rings. The van der Waals surface area contributed by atoms with Gasteiger partial charge in [-0.3, -0.25) is 9.59 Å². The molecule has 0 aromatic carbocycles. The fourth-order valence-electron chi connectivity index (χ4n) is 8.16. The van der Waals surface area contributed by atoms with E-state index in [1.165, 1.54) is 122 Å². The van der Waals surface area contributed by atoms with Crippen LogP contribution in [0.2, 0.25) is 0 Å². The molecule has 75 heavy (non-hydrogen) atoms. The lowest BCUT2D eigenvalue weighted by molar-refractivity contribution is -0.870. The minimum atomic E-state index is -1.52. The molecule has 0 aliphatic heterocycles. The van der Waals surface area contributed by atoms with Crippen LogP contribution < -0.4 is 0 Å². The van der Waals surface area contributed by atoms with Gasteiger partial charge in [-0.2, -0.15) is 0 Å². The van der Waals surface area contributed by atoms with Gasteiger partial charge in [0.15, 0.2) is 6.10 Å². The number of aliphatic carboxylic acids is 1. The Kier molecular flexibility index (Phi) is 53.6. The van der Waals surface area contributed by atoms with Crippen molar-refractivity contribution in [3.63, 3.8) is 0 Å². The summed E-state index contributed by atoms with van der Waals surface area (Å²) >= 11 is 0. The first-order valence-corrected chi connectivity index (χ1v) is 30.4. The highest BCUT2D eigenvalue weighted by Gasteiger charge is 2.25. The van der Waals surface area contributed by atoms with Crippen LogP contribution in [0.4, 0.5) is 0 Å². The van der Waals surface area contributed by atoms with Gasteiger partial charge in [0.2, 0.25) is 0 Å². The number of carboxylic acids is 1. The standard InChI is InChI=1S/C66H113NO8/c1-6-8-10-12-14-16-18-20-22-24-26-28-30-32-34-36-38-40-42-44-46-48-50-52-54-56-63(68)73-60-62(61-74-66(65(70)71)72-59-58-67(3,4)5)75-64(69)57-55-53-51-49-47-45-43-41-39-37-35-33-31-29-27-25-23-21-19-17-15-13-11-9-7-2/h9,11,15,17-18,20-21,23-24,26-27,29-30,32-33,35,62,66H,6-8,10,12-14,16,19,22,25,28,31,34,36-61H2,1-5H3/p+1/b11-9-,17-15-,20-18-,23-21-,26-24-,29-27-,32-30-,35-33-. The first-order chi connectivity index (χ1) is 36.6. The van der Waals surface area contributed by atoms with Crippen LogP contribution in [0, 0.1) is 0 Å². The number of rotatable bonds is 55. The quantitative estimate of drug-likeness (QED) is 0.0211. The number of carboxylic acid groups (broad SMARTS) is 1. The molecule has 0 fully saturated rings. The van der Waals surface area contributed by atoms with Crippen LogP contribution in [0.3, 0.4) is 0 Å². The Balaban J connectivity index is 4.26. The van der Waals surface area contributed by atoms with Crippen LogP contribution in [-0.2, 0) is 33.3 Å². The SMILES string of the molecule is CC/C=C\C/C=C\C/C=C\C/C=C\C/C=C\CCCCCCCCCCCC(=O)OC(COC(=O)CCCCCCCCCCCC/C=C\C/C=C\C/C=C\CCCCCCC)COC(OCC[N+](C)(C)C)C(=O)O. The van der Waals surface area contributed by atoms with E-state index in [0.717, 1.165) is 89.9 Å². The van der Waals surface area contributed by atoms with E-state index in [2.05, 4.69) is 111 Å². The van der Waals surface area contributed by atoms with Crippen molar-refractivity contribution in [2.75, 3.05) is 47.5 Å². The smallest absolute Gasteiger partial charge is 0.361 e. The highest BCUT2D eigenvalue weighted by molar-refractivity contribution is 5.71.